The van der Waals surface area contributed by atoms with Gasteiger partial charge in [-0.05, 0) is 24.6 Å². The predicted octanol–water partition coefficient (Wildman–Crippen LogP) is 1.47. The van der Waals surface area contributed by atoms with Crippen molar-refractivity contribution in [3.63, 3.8) is 0 Å². The first kappa shape index (κ1) is 13.7. The van der Waals surface area contributed by atoms with Crippen LogP contribution in [-0.2, 0) is 10.0 Å². The van der Waals surface area contributed by atoms with Gasteiger partial charge in [-0.1, -0.05) is 12.2 Å². The zero-order valence-electron chi connectivity index (χ0n) is 9.91. The highest BCUT2D eigenvalue weighted by atomic mass is 32.2. The minimum absolute atomic E-state index is 0.197. The molecule has 0 radical (unpaired) electrons. The Morgan fingerprint density at radius 2 is 2.05 bits per heavy atom. The molecule has 2 rings (SSSR count). The Balaban J connectivity index is 2.40. The molecule has 102 valence electrons. The predicted molar refractivity (Wildman–Crippen MR) is 65.9 cm³/mol. The number of aromatic carboxylic acids is 1. The maximum absolute atomic E-state index is 13.8. The Morgan fingerprint density at radius 3 is 2.58 bits per heavy atom. The van der Waals surface area contributed by atoms with Crippen LogP contribution in [0.3, 0.4) is 0 Å². The van der Waals surface area contributed by atoms with Gasteiger partial charge in [0.2, 0.25) is 10.0 Å². The van der Waals surface area contributed by atoms with E-state index in [0.29, 0.717) is 13.0 Å². The maximum Gasteiger partial charge on any atom is 0.335 e. The largest absolute Gasteiger partial charge is 0.478 e. The van der Waals surface area contributed by atoms with Crippen LogP contribution in [0.1, 0.15) is 16.8 Å². The van der Waals surface area contributed by atoms with Crippen molar-refractivity contribution in [1.29, 1.82) is 0 Å². The van der Waals surface area contributed by atoms with Gasteiger partial charge < -0.3 is 5.11 Å². The summed E-state index contributed by atoms with van der Waals surface area (Å²) in [6.07, 6.45) is 4.13. The fourth-order valence-corrected chi connectivity index (χ4v) is 3.27. The standard InChI is InChI=1S/C12H12FNO4S/c13-10-8-9(12(15)16)4-5-11(10)19(17,18)14-6-2-1-3-7-14/h1-2,4-5,8H,3,6-7H2,(H,15,16). The van der Waals surface area contributed by atoms with E-state index in [1.807, 2.05) is 6.08 Å². The molecule has 0 spiro atoms. The number of carboxylic acid groups (broad SMARTS) is 1. The third-order valence-electron chi connectivity index (χ3n) is 2.82. The van der Waals surface area contributed by atoms with Gasteiger partial charge in [0.25, 0.3) is 0 Å². The van der Waals surface area contributed by atoms with Crippen molar-refractivity contribution in [3.8, 4) is 0 Å². The van der Waals surface area contributed by atoms with Gasteiger partial charge in [0.15, 0.2) is 0 Å². The summed E-state index contributed by atoms with van der Waals surface area (Å²) in [4.78, 5) is 10.2. The Bertz CT molecular complexity index is 639. The molecular weight excluding hydrogens is 273 g/mol. The number of halogens is 1. The van der Waals surface area contributed by atoms with Crippen molar-refractivity contribution in [3.05, 3.63) is 41.7 Å². The number of carbonyl (C=O) groups is 1. The van der Waals surface area contributed by atoms with Crippen molar-refractivity contribution in [2.24, 2.45) is 0 Å². The van der Waals surface area contributed by atoms with E-state index in [1.54, 1.807) is 6.08 Å². The van der Waals surface area contributed by atoms with Crippen LogP contribution in [0.15, 0.2) is 35.2 Å². The van der Waals surface area contributed by atoms with Crippen LogP contribution in [0, 0.1) is 5.82 Å². The molecule has 0 saturated carbocycles. The van der Waals surface area contributed by atoms with E-state index < -0.39 is 26.7 Å². The minimum atomic E-state index is -3.92. The molecule has 19 heavy (non-hydrogen) atoms. The monoisotopic (exact) mass is 285 g/mol. The Kier molecular flexibility index (Phi) is 3.68. The zero-order valence-corrected chi connectivity index (χ0v) is 10.7. The molecular formula is C12H12FNO4S. The highest BCUT2D eigenvalue weighted by Crippen LogP contribution is 2.22. The molecule has 0 atom stereocenters. The summed E-state index contributed by atoms with van der Waals surface area (Å²) in [6.45, 7) is 0.488. The number of rotatable bonds is 3. The molecule has 0 bridgehead atoms. The first-order chi connectivity index (χ1) is 8.93. The maximum atomic E-state index is 13.8. The molecule has 1 aliphatic rings. The van der Waals surface area contributed by atoms with E-state index in [-0.39, 0.29) is 12.1 Å². The third-order valence-corrected chi connectivity index (χ3v) is 4.72. The van der Waals surface area contributed by atoms with Gasteiger partial charge >= 0.3 is 5.97 Å². The Labute approximate surface area is 110 Å². The SMILES string of the molecule is O=C(O)c1ccc(S(=O)(=O)N2CC=CCC2)c(F)c1. The molecule has 5 nitrogen and oxygen atoms in total. The first-order valence-electron chi connectivity index (χ1n) is 5.61. The van der Waals surface area contributed by atoms with Gasteiger partial charge in [-0.2, -0.15) is 4.31 Å². The molecule has 1 N–H and O–H groups in total. The second-order valence-corrected chi connectivity index (χ2v) is 5.98. The van der Waals surface area contributed by atoms with Crippen LogP contribution >= 0.6 is 0 Å². The molecule has 1 aromatic rings. The lowest BCUT2D eigenvalue weighted by Crippen LogP contribution is -2.34. The van der Waals surface area contributed by atoms with Crippen molar-refractivity contribution in [2.75, 3.05) is 13.1 Å². The first-order valence-corrected chi connectivity index (χ1v) is 7.05. The van der Waals surface area contributed by atoms with Gasteiger partial charge in [0, 0.05) is 13.1 Å². The number of nitrogens with zero attached hydrogens (tertiary/aromatic N) is 1. The summed E-state index contributed by atoms with van der Waals surface area (Å²) in [5.74, 6) is -2.35. The number of carboxylic acids is 1. The van der Waals surface area contributed by atoms with Crippen LogP contribution in [0.25, 0.3) is 0 Å². The van der Waals surface area contributed by atoms with Crippen LogP contribution in [0.4, 0.5) is 4.39 Å². The summed E-state index contributed by atoms with van der Waals surface area (Å²) in [5, 5.41) is 8.72. The molecule has 1 aromatic carbocycles. The van der Waals surface area contributed by atoms with Crippen molar-refractivity contribution in [2.45, 2.75) is 11.3 Å². The van der Waals surface area contributed by atoms with Crippen LogP contribution < -0.4 is 0 Å². The van der Waals surface area contributed by atoms with Gasteiger partial charge in [-0.25, -0.2) is 17.6 Å². The van der Waals surface area contributed by atoms with Gasteiger partial charge in [-0.3, -0.25) is 0 Å². The second-order valence-electron chi connectivity index (χ2n) is 4.07. The lowest BCUT2D eigenvalue weighted by molar-refractivity contribution is 0.0696. The van der Waals surface area contributed by atoms with Gasteiger partial charge in [-0.15, -0.1) is 0 Å². The fraction of sp³-hybridized carbons (Fsp3) is 0.250. The molecule has 7 heteroatoms. The third kappa shape index (κ3) is 2.66. The van der Waals surface area contributed by atoms with Gasteiger partial charge in [0.05, 0.1) is 5.56 Å². The van der Waals surface area contributed by atoms with Crippen LogP contribution in [0.5, 0.6) is 0 Å². The average molecular weight is 285 g/mol. The van der Waals surface area contributed by atoms with E-state index in [0.717, 1.165) is 22.5 Å². The highest BCUT2D eigenvalue weighted by molar-refractivity contribution is 7.89. The summed E-state index contributed by atoms with van der Waals surface area (Å²) >= 11 is 0. The Morgan fingerprint density at radius 1 is 1.32 bits per heavy atom. The lowest BCUT2D eigenvalue weighted by atomic mass is 10.2. The summed E-state index contributed by atoms with van der Waals surface area (Å²) in [5.41, 5.74) is -0.282. The zero-order chi connectivity index (χ0) is 14.0. The van der Waals surface area contributed by atoms with E-state index in [2.05, 4.69) is 0 Å². The van der Waals surface area contributed by atoms with E-state index in [1.165, 1.54) is 0 Å². The van der Waals surface area contributed by atoms with Crippen molar-refractivity contribution < 1.29 is 22.7 Å². The molecule has 1 heterocycles. The summed E-state index contributed by atoms with van der Waals surface area (Å²) < 4.78 is 39.3. The smallest absolute Gasteiger partial charge is 0.335 e. The number of hydrogen-bond acceptors (Lipinski definition) is 3. The molecule has 0 aromatic heterocycles. The molecule has 0 amide bonds. The minimum Gasteiger partial charge on any atom is -0.478 e. The Hall–Kier alpha value is -1.73. The van der Waals surface area contributed by atoms with Crippen LogP contribution in [-0.4, -0.2) is 36.9 Å². The molecule has 0 unspecified atom stereocenters. The number of benzene rings is 1. The number of hydrogen-bond donors (Lipinski definition) is 1. The van der Waals surface area contributed by atoms with E-state index in [4.69, 9.17) is 5.11 Å². The molecule has 0 saturated heterocycles. The highest BCUT2D eigenvalue weighted by Gasteiger charge is 2.27. The average Bonchev–Trinajstić information content (AvgIpc) is 2.39. The lowest BCUT2D eigenvalue weighted by Gasteiger charge is -2.22. The van der Waals surface area contributed by atoms with E-state index in [9.17, 15) is 17.6 Å². The quantitative estimate of drug-likeness (QED) is 0.853. The number of sulfonamides is 1. The van der Waals surface area contributed by atoms with Crippen LogP contribution in [0.2, 0.25) is 0 Å². The molecule has 1 aliphatic heterocycles. The summed E-state index contributed by atoms with van der Waals surface area (Å²) in [7, 11) is -3.92. The fourth-order valence-electron chi connectivity index (χ4n) is 1.82. The second kappa shape index (κ2) is 5.10. The van der Waals surface area contributed by atoms with Crippen molar-refractivity contribution in [1.82, 2.24) is 4.31 Å². The topological polar surface area (TPSA) is 74.7 Å². The normalized spacial score (nSPS) is 16.5. The van der Waals surface area contributed by atoms with E-state index >= 15 is 0 Å². The van der Waals surface area contributed by atoms with Crippen molar-refractivity contribution >= 4 is 16.0 Å². The molecule has 0 aliphatic carbocycles. The summed E-state index contributed by atoms with van der Waals surface area (Å²) in [6, 6.07) is 2.79. The van der Waals surface area contributed by atoms with Gasteiger partial charge in [0.1, 0.15) is 10.7 Å². The molecule has 0 fully saturated rings.